The van der Waals surface area contributed by atoms with Gasteiger partial charge in [-0.3, -0.25) is 9.59 Å². The second-order valence-corrected chi connectivity index (χ2v) is 22.4. The third kappa shape index (κ3) is 59.2. The number of rotatable bonds is 61. The van der Waals surface area contributed by atoms with Crippen LogP contribution >= 0.6 is 0 Å². The first-order valence-electron chi connectivity index (χ1n) is 32.8. The van der Waals surface area contributed by atoms with Crippen LogP contribution in [0.2, 0.25) is 0 Å². The van der Waals surface area contributed by atoms with E-state index in [2.05, 4.69) is 43.5 Å². The summed E-state index contributed by atoms with van der Waals surface area (Å²) in [5.74, 6) is -0.0586. The van der Waals surface area contributed by atoms with Gasteiger partial charge >= 0.3 is 5.97 Å². The number of unbranched alkanes of at least 4 members (excludes halogenated alkanes) is 46. The number of aliphatic hydroxyl groups is 2. The summed E-state index contributed by atoms with van der Waals surface area (Å²) in [5, 5.41) is 23.1. The number of allylic oxidation sites excluding steroid dienone is 5. The van der Waals surface area contributed by atoms with E-state index in [9.17, 15) is 19.8 Å². The lowest BCUT2D eigenvalue weighted by Crippen LogP contribution is -2.45. The minimum atomic E-state index is -0.843. The molecule has 0 rings (SSSR count). The Morgan fingerprint density at radius 1 is 0.370 bits per heavy atom. The Balaban J connectivity index is 3.38. The number of aliphatic hydroxyl groups excluding tert-OH is 2. The van der Waals surface area contributed by atoms with Gasteiger partial charge in [0.15, 0.2) is 0 Å². The lowest BCUT2D eigenvalue weighted by molar-refractivity contribution is -0.143. The summed E-state index contributed by atoms with van der Waals surface area (Å²) in [6, 6.07) is -0.626. The molecule has 2 unspecified atom stereocenters. The molecule has 0 aliphatic carbocycles. The number of hydrogen-bond donors (Lipinski definition) is 3. The van der Waals surface area contributed by atoms with Crippen molar-refractivity contribution >= 4 is 11.9 Å². The minimum absolute atomic E-state index is 0.00665. The third-order valence-electron chi connectivity index (χ3n) is 15.1. The van der Waals surface area contributed by atoms with Gasteiger partial charge in [-0.15, -0.1) is 0 Å². The van der Waals surface area contributed by atoms with Crippen LogP contribution in [0.5, 0.6) is 0 Å². The summed E-state index contributed by atoms with van der Waals surface area (Å²) in [7, 11) is 0. The predicted molar refractivity (Wildman–Crippen MR) is 319 cm³/mol. The highest BCUT2D eigenvalue weighted by atomic mass is 16.5. The predicted octanol–water partition coefficient (Wildman–Crippen LogP) is 20.8. The molecule has 0 heterocycles. The van der Waals surface area contributed by atoms with Crippen LogP contribution in [0.3, 0.4) is 0 Å². The Kier molecular flexibility index (Phi) is 61.0. The number of nitrogens with one attached hydrogen (secondary N) is 1. The number of ether oxygens (including phenoxy) is 1. The van der Waals surface area contributed by atoms with Gasteiger partial charge in [0.25, 0.3) is 0 Å². The Hall–Kier alpha value is -1.92. The van der Waals surface area contributed by atoms with E-state index in [-0.39, 0.29) is 18.5 Å². The van der Waals surface area contributed by atoms with Gasteiger partial charge < -0.3 is 20.3 Å². The van der Waals surface area contributed by atoms with Crippen molar-refractivity contribution in [1.29, 1.82) is 0 Å². The van der Waals surface area contributed by atoms with Gasteiger partial charge in [-0.05, 0) is 83.5 Å². The van der Waals surface area contributed by atoms with E-state index in [1.165, 1.54) is 283 Å². The van der Waals surface area contributed by atoms with Crippen LogP contribution in [0.15, 0.2) is 36.5 Å². The molecule has 6 heteroatoms. The normalized spacial score (nSPS) is 12.8. The quantitative estimate of drug-likeness (QED) is 0.0320. The molecule has 0 radical (unpaired) electrons. The highest BCUT2D eigenvalue weighted by molar-refractivity contribution is 5.76. The molecule has 1 amide bonds. The number of hydrogen-bond acceptors (Lipinski definition) is 5. The van der Waals surface area contributed by atoms with Crippen molar-refractivity contribution in [1.82, 2.24) is 5.32 Å². The van der Waals surface area contributed by atoms with E-state index in [1.807, 2.05) is 6.08 Å². The van der Waals surface area contributed by atoms with Crippen LogP contribution in [-0.4, -0.2) is 47.4 Å². The molecule has 0 aliphatic heterocycles. The average Bonchev–Trinajstić information content (AvgIpc) is 3.39. The first kappa shape index (κ1) is 71.1. The summed E-state index contributed by atoms with van der Waals surface area (Å²) in [4.78, 5) is 24.5. The van der Waals surface area contributed by atoms with Crippen LogP contribution in [0.1, 0.15) is 354 Å². The van der Waals surface area contributed by atoms with E-state index in [4.69, 9.17) is 4.74 Å². The van der Waals surface area contributed by atoms with E-state index < -0.39 is 12.1 Å². The van der Waals surface area contributed by atoms with E-state index in [1.54, 1.807) is 6.08 Å². The summed E-state index contributed by atoms with van der Waals surface area (Å²) in [5.41, 5.74) is 0. The number of amides is 1. The van der Waals surface area contributed by atoms with Crippen LogP contribution in [0.4, 0.5) is 0 Å². The molecule has 430 valence electrons. The maximum absolute atomic E-state index is 12.5. The zero-order valence-corrected chi connectivity index (χ0v) is 49.1. The molecule has 0 aromatic carbocycles. The smallest absolute Gasteiger partial charge is 0.305 e. The molecule has 0 saturated carbocycles. The summed E-state index contributed by atoms with van der Waals surface area (Å²) >= 11 is 0. The van der Waals surface area contributed by atoms with Crippen LogP contribution < -0.4 is 5.32 Å². The van der Waals surface area contributed by atoms with Gasteiger partial charge in [0.1, 0.15) is 0 Å². The fourth-order valence-electron chi connectivity index (χ4n) is 10.1. The molecule has 0 bridgehead atoms. The van der Waals surface area contributed by atoms with Crippen molar-refractivity contribution in [3.05, 3.63) is 36.5 Å². The third-order valence-corrected chi connectivity index (χ3v) is 15.1. The van der Waals surface area contributed by atoms with Gasteiger partial charge in [-0.2, -0.15) is 0 Å². The lowest BCUT2D eigenvalue weighted by atomic mass is 10.0. The topological polar surface area (TPSA) is 95.9 Å². The van der Waals surface area contributed by atoms with E-state index in [0.29, 0.717) is 19.4 Å². The molecular formula is C67H127NO5. The van der Waals surface area contributed by atoms with Crippen molar-refractivity contribution in [3.8, 4) is 0 Å². The zero-order valence-electron chi connectivity index (χ0n) is 49.1. The van der Waals surface area contributed by atoms with Crippen molar-refractivity contribution < 1.29 is 24.5 Å². The maximum atomic E-state index is 12.5. The molecule has 0 fully saturated rings. The molecule has 0 aromatic heterocycles. The fourth-order valence-corrected chi connectivity index (χ4v) is 10.1. The zero-order chi connectivity index (χ0) is 52.9. The standard InChI is InChI=1S/C67H127NO5/c1-3-5-7-9-11-13-15-17-36-39-43-47-51-55-59-65(70)64(63-69)68-66(71)60-56-52-48-44-40-37-34-32-30-28-26-24-22-20-18-19-21-23-25-27-29-31-33-35-38-42-46-50-54-58-62-73-67(72)61-57-53-49-45-41-16-14-12-10-8-6-4-2/h12,14,19,21,55,59,64-65,69-70H,3-11,13,15-18,20,22-54,56-58,60-63H2,1-2H3,(H,68,71)/b14-12-,21-19-,59-55+. The average molecular weight is 1030 g/mol. The second kappa shape index (κ2) is 62.6. The molecule has 2 atom stereocenters. The molecule has 73 heavy (non-hydrogen) atoms. The lowest BCUT2D eigenvalue weighted by Gasteiger charge is -2.20. The molecule has 6 nitrogen and oxygen atoms in total. The fraction of sp³-hybridized carbons (Fsp3) is 0.881. The number of carbonyl (C=O) groups is 2. The maximum Gasteiger partial charge on any atom is 0.305 e. The summed E-state index contributed by atoms with van der Waals surface area (Å²) in [6.45, 7) is 4.89. The van der Waals surface area contributed by atoms with Crippen LogP contribution in [0.25, 0.3) is 0 Å². The molecule has 0 spiro atoms. The van der Waals surface area contributed by atoms with Gasteiger partial charge in [0.2, 0.25) is 5.91 Å². The summed E-state index contributed by atoms with van der Waals surface area (Å²) in [6.07, 6.45) is 79.2. The van der Waals surface area contributed by atoms with Gasteiger partial charge in [0.05, 0.1) is 25.4 Å². The summed E-state index contributed by atoms with van der Waals surface area (Å²) < 4.78 is 5.47. The van der Waals surface area contributed by atoms with Crippen molar-refractivity contribution in [2.75, 3.05) is 13.2 Å². The highest BCUT2D eigenvalue weighted by Crippen LogP contribution is 2.17. The first-order valence-corrected chi connectivity index (χ1v) is 32.8. The van der Waals surface area contributed by atoms with E-state index in [0.717, 1.165) is 44.9 Å². The molecule has 3 N–H and O–H groups in total. The molecule has 0 aromatic rings. The molecule has 0 saturated heterocycles. The SMILES string of the molecule is CCCCC/C=C\CCCCCCCC(=O)OCCCCCCCCCCCCCC/C=C\CCCCCCCCCCCCCCCCC(=O)NC(CO)C(O)/C=C/CCCCCCCCCCCCCC. The molecule has 0 aliphatic rings. The van der Waals surface area contributed by atoms with Crippen molar-refractivity contribution in [3.63, 3.8) is 0 Å². The van der Waals surface area contributed by atoms with E-state index >= 15 is 0 Å². The number of carbonyl (C=O) groups excluding carboxylic acids is 2. The monoisotopic (exact) mass is 1030 g/mol. The van der Waals surface area contributed by atoms with Crippen LogP contribution in [-0.2, 0) is 14.3 Å². The number of esters is 1. The first-order chi connectivity index (χ1) is 36.0. The van der Waals surface area contributed by atoms with Crippen LogP contribution in [0, 0.1) is 0 Å². The largest absolute Gasteiger partial charge is 0.466 e. The Morgan fingerprint density at radius 2 is 0.644 bits per heavy atom. The van der Waals surface area contributed by atoms with Gasteiger partial charge in [0, 0.05) is 12.8 Å². The Morgan fingerprint density at radius 3 is 1.00 bits per heavy atom. The molecular weight excluding hydrogens is 899 g/mol. The Bertz CT molecular complexity index is 1180. The highest BCUT2D eigenvalue weighted by Gasteiger charge is 2.18. The van der Waals surface area contributed by atoms with Gasteiger partial charge in [-0.1, -0.05) is 294 Å². The van der Waals surface area contributed by atoms with Crippen molar-refractivity contribution in [2.45, 2.75) is 366 Å². The Labute approximate surface area is 455 Å². The van der Waals surface area contributed by atoms with Crippen molar-refractivity contribution in [2.24, 2.45) is 0 Å². The minimum Gasteiger partial charge on any atom is -0.466 e. The second-order valence-electron chi connectivity index (χ2n) is 22.4. The van der Waals surface area contributed by atoms with Gasteiger partial charge in [-0.25, -0.2) is 0 Å².